The number of aryl methyl sites for hydroxylation is 1. The number of nitrogen functional groups attached to an aromatic ring is 1. The summed E-state index contributed by atoms with van der Waals surface area (Å²) in [4.78, 5) is 23.9. The Morgan fingerprint density at radius 3 is 2.59 bits per heavy atom. The van der Waals surface area contributed by atoms with Crippen molar-refractivity contribution in [1.82, 2.24) is 15.0 Å². The van der Waals surface area contributed by atoms with Crippen LogP contribution in [0.2, 0.25) is 0 Å². The number of aromatic nitrogens is 2. The molecule has 2 aliphatic rings. The van der Waals surface area contributed by atoms with E-state index < -0.39 is 0 Å². The van der Waals surface area contributed by atoms with Gasteiger partial charge in [-0.25, -0.2) is 15.0 Å². The van der Waals surface area contributed by atoms with Gasteiger partial charge in [0.25, 0.3) is 0 Å². The number of carbonyl (C=O) groups is 1. The summed E-state index contributed by atoms with van der Waals surface area (Å²) in [7, 11) is 0. The SMILES string of the molecule is Cc1nc(N)cc(N2CCC(C(=O)N3N=CCC3c3ccccc3)CC2)n1. The third-order valence-corrected chi connectivity index (χ3v) is 5.25. The zero-order valence-corrected chi connectivity index (χ0v) is 15.5. The van der Waals surface area contributed by atoms with E-state index in [1.54, 1.807) is 11.1 Å². The van der Waals surface area contributed by atoms with Crippen LogP contribution >= 0.6 is 0 Å². The molecule has 1 saturated heterocycles. The zero-order chi connectivity index (χ0) is 18.8. The minimum atomic E-state index is -0.0111. The van der Waals surface area contributed by atoms with Gasteiger partial charge in [0.2, 0.25) is 5.91 Å². The highest BCUT2D eigenvalue weighted by Gasteiger charge is 2.34. The summed E-state index contributed by atoms with van der Waals surface area (Å²) < 4.78 is 0. The molecule has 7 nitrogen and oxygen atoms in total. The summed E-state index contributed by atoms with van der Waals surface area (Å²) in [5.41, 5.74) is 6.97. The number of nitrogens with two attached hydrogens (primary N) is 1. The second kappa shape index (κ2) is 7.34. The first kappa shape index (κ1) is 17.5. The van der Waals surface area contributed by atoms with Crippen LogP contribution in [0.1, 0.15) is 36.7 Å². The van der Waals surface area contributed by atoms with E-state index in [0.29, 0.717) is 11.6 Å². The number of hydrogen-bond acceptors (Lipinski definition) is 6. The number of benzene rings is 1. The highest BCUT2D eigenvalue weighted by molar-refractivity contribution is 5.82. The van der Waals surface area contributed by atoms with Gasteiger partial charge in [-0.05, 0) is 25.3 Å². The van der Waals surface area contributed by atoms with E-state index in [9.17, 15) is 4.79 Å². The van der Waals surface area contributed by atoms with Gasteiger partial charge in [-0.2, -0.15) is 5.10 Å². The van der Waals surface area contributed by atoms with Gasteiger partial charge < -0.3 is 10.6 Å². The van der Waals surface area contributed by atoms with Gasteiger partial charge in [0, 0.05) is 37.7 Å². The van der Waals surface area contributed by atoms with Gasteiger partial charge in [-0.3, -0.25) is 4.79 Å². The van der Waals surface area contributed by atoms with Gasteiger partial charge in [-0.1, -0.05) is 30.3 Å². The lowest BCUT2D eigenvalue weighted by Gasteiger charge is -2.34. The standard InChI is InChI=1S/C20H24N6O/c1-14-23-18(21)13-19(24-14)25-11-8-16(9-12-25)20(27)26-17(7-10-22-26)15-5-3-2-4-6-15/h2-6,10,13,16-17H,7-9,11-12H2,1H3,(H2,21,23,24). The molecule has 2 aliphatic heterocycles. The summed E-state index contributed by atoms with van der Waals surface area (Å²) in [6, 6.07) is 11.9. The summed E-state index contributed by atoms with van der Waals surface area (Å²) in [6.07, 6.45) is 4.19. The van der Waals surface area contributed by atoms with Crippen molar-refractivity contribution in [3.63, 3.8) is 0 Å². The predicted molar refractivity (Wildman–Crippen MR) is 105 cm³/mol. The van der Waals surface area contributed by atoms with Crippen LogP contribution in [0.25, 0.3) is 0 Å². The Labute approximate surface area is 158 Å². The number of carbonyl (C=O) groups excluding carboxylic acids is 1. The molecule has 3 heterocycles. The monoisotopic (exact) mass is 364 g/mol. The molecule has 0 saturated carbocycles. The third kappa shape index (κ3) is 3.63. The smallest absolute Gasteiger partial charge is 0.246 e. The van der Waals surface area contributed by atoms with Crippen LogP contribution in [0.4, 0.5) is 11.6 Å². The minimum absolute atomic E-state index is 0.0111. The number of hydrazone groups is 1. The summed E-state index contributed by atoms with van der Waals surface area (Å²) >= 11 is 0. The minimum Gasteiger partial charge on any atom is -0.384 e. The number of amides is 1. The number of hydrogen-bond donors (Lipinski definition) is 1. The number of piperidine rings is 1. The van der Waals surface area contributed by atoms with Gasteiger partial charge in [-0.15, -0.1) is 0 Å². The lowest BCUT2D eigenvalue weighted by molar-refractivity contribution is -0.138. The molecular weight excluding hydrogens is 340 g/mol. The van der Waals surface area contributed by atoms with E-state index in [-0.39, 0.29) is 17.9 Å². The summed E-state index contributed by atoms with van der Waals surface area (Å²) in [5.74, 6) is 2.10. The molecule has 1 unspecified atom stereocenters. The van der Waals surface area contributed by atoms with Crippen LogP contribution in [0.15, 0.2) is 41.5 Å². The molecule has 2 aromatic rings. The number of anilines is 2. The molecule has 1 aromatic carbocycles. The van der Waals surface area contributed by atoms with E-state index in [1.807, 2.05) is 31.3 Å². The summed E-state index contributed by atoms with van der Waals surface area (Å²) in [5, 5.41) is 6.06. The second-order valence-corrected chi connectivity index (χ2v) is 7.10. The Hall–Kier alpha value is -2.96. The molecule has 0 spiro atoms. The fraction of sp³-hybridized carbons (Fsp3) is 0.400. The van der Waals surface area contributed by atoms with Crippen molar-refractivity contribution in [3.8, 4) is 0 Å². The van der Waals surface area contributed by atoms with E-state index in [0.717, 1.165) is 43.7 Å². The molecule has 2 N–H and O–H groups in total. The van der Waals surface area contributed by atoms with Gasteiger partial charge >= 0.3 is 0 Å². The Kier molecular flexibility index (Phi) is 4.75. The van der Waals surface area contributed by atoms with Gasteiger partial charge in [0.05, 0.1) is 6.04 Å². The molecule has 4 rings (SSSR count). The molecule has 1 aromatic heterocycles. The normalized spacial score (nSPS) is 20.3. The fourth-order valence-electron chi connectivity index (χ4n) is 3.86. The Bertz CT molecular complexity index is 825. The maximum absolute atomic E-state index is 13.1. The zero-order valence-electron chi connectivity index (χ0n) is 15.5. The predicted octanol–water partition coefficient (Wildman–Crippen LogP) is 2.54. The van der Waals surface area contributed by atoms with Crippen molar-refractivity contribution in [2.75, 3.05) is 23.7 Å². The average Bonchev–Trinajstić information content (AvgIpc) is 3.17. The molecule has 140 valence electrons. The first-order valence-corrected chi connectivity index (χ1v) is 9.38. The molecule has 7 heteroatoms. The van der Waals surface area contributed by atoms with Gasteiger partial charge in [0.1, 0.15) is 17.5 Å². The quantitative estimate of drug-likeness (QED) is 0.904. The van der Waals surface area contributed by atoms with Crippen molar-refractivity contribution >= 4 is 23.8 Å². The highest BCUT2D eigenvalue weighted by Crippen LogP contribution is 2.32. The van der Waals surface area contributed by atoms with Crippen molar-refractivity contribution < 1.29 is 4.79 Å². The Balaban J connectivity index is 1.42. The van der Waals surface area contributed by atoms with E-state index >= 15 is 0 Å². The molecular formula is C20H24N6O. The highest BCUT2D eigenvalue weighted by atomic mass is 16.2. The molecule has 27 heavy (non-hydrogen) atoms. The first-order chi connectivity index (χ1) is 13.1. The molecule has 1 fully saturated rings. The topological polar surface area (TPSA) is 87.7 Å². The van der Waals surface area contributed by atoms with E-state index in [2.05, 4.69) is 32.1 Å². The van der Waals surface area contributed by atoms with Crippen LogP contribution in [0.5, 0.6) is 0 Å². The largest absolute Gasteiger partial charge is 0.384 e. The van der Waals surface area contributed by atoms with Gasteiger partial charge in [0.15, 0.2) is 0 Å². The molecule has 1 amide bonds. The van der Waals surface area contributed by atoms with E-state index in [4.69, 9.17) is 5.73 Å². The molecule has 0 radical (unpaired) electrons. The van der Waals surface area contributed by atoms with Crippen molar-refractivity contribution in [1.29, 1.82) is 0 Å². The van der Waals surface area contributed by atoms with Crippen LogP contribution in [0, 0.1) is 12.8 Å². The van der Waals surface area contributed by atoms with Crippen LogP contribution in [0.3, 0.4) is 0 Å². The molecule has 0 bridgehead atoms. The number of rotatable bonds is 3. The summed E-state index contributed by atoms with van der Waals surface area (Å²) in [6.45, 7) is 3.39. The number of nitrogens with zero attached hydrogens (tertiary/aromatic N) is 5. The molecule has 1 atom stereocenters. The first-order valence-electron chi connectivity index (χ1n) is 9.38. The Morgan fingerprint density at radius 1 is 1.15 bits per heavy atom. The van der Waals surface area contributed by atoms with Crippen molar-refractivity contribution in [2.24, 2.45) is 11.0 Å². The molecule has 0 aliphatic carbocycles. The van der Waals surface area contributed by atoms with Crippen molar-refractivity contribution in [2.45, 2.75) is 32.2 Å². The van der Waals surface area contributed by atoms with Crippen LogP contribution in [-0.2, 0) is 4.79 Å². The van der Waals surface area contributed by atoms with Crippen LogP contribution in [-0.4, -0.2) is 40.2 Å². The van der Waals surface area contributed by atoms with E-state index in [1.165, 1.54) is 0 Å². The van der Waals surface area contributed by atoms with Crippen LogP contribution < -0.4 is 10.6 Å². The third-order valence-electron chi connectivity index (χ3n) is 5.25. The lowest BCUT2D eigenvalue weighted by atomic mass is 9.94. The average molecular weight is 364 g/mol. The van der Waals surface area contributed by atoms with Crippen molar-refractivity contribution in [3.05, 3.63) is 47.8 Å². The Morgan fingerprint density at radius 2 is 1.89 bits per heavy atom. The maximum Gasteiger partial charge on any atom is 0.246 e. The lowest BCUT2D eigenvalue weighted by Crippen LogP contribution is -2.41. The fourth-order valence-corrected chi connectivity index (χ4v) is 3.86. The second-order valence-electron chi connectivity index (χ2n) is 7.10. The maximum atomic E-state index is 13.1.